The summed E-state index contributed by atoms with van der Waals surface area (Å²) in [6.07, 6.45) is 10.8. The quantitative estimate of drug-likeness (QED) is 0.716. The molecule has 2 aromatic rings. The number of aromatic nitrogens is 3. The van der Waals surface area contributed by atoms with Gasteiger partial charge in [-0.15, -0.1) is 0 Å². The molecule has 168 valence electrons. The van der Waals surface area contributed by atoms with E-state index >= 15 is 0 Å². The molecule has 9 nitrogen and oxygen atoms in total. The Morgan fingerprint density at radius 3 is 2.69 bits per heavy atom. The summed E-state index contributed by atoms with van der Waals surface area (Å²) >= 11 is 0. The number of carbonyl (C=O) groups excluding carboxylic acids is 3. The largest absolute Gasteiger partial charge is 0.351 e. The van der Waals surface area contributed by atoms with Crippen molar-refractivity contribution < 1.29 is 14.4 Å². The number of carbonyl (C=O) groups is 3. The van der Waals surface area contributed by atoms with E-state index in [0.717, 1.165) is 44.1 Å². The third-order valence-corrected chi connectivity index (χ3v) is 6.75. The number of nitrogens with one attached hydrogen (secondary N) is 2. The molecule has 3 aliphatic rings. The highest BCUT2D eigenvalue weighted by molar-refractivity contribution is 6.07. The molecule has 0 unspecified atom stereocenters. The fraction of sp³-hybridized carbons (Fsp3) is 0.522. The number of imidazole rings is 1. The first-order valence-electron chi connectivity index (χ1n) is 11.3. The molecule has 2 aliphatic carbocycles. The van der Waals surface area contributed by atoms with Crippen molar-refractivity contribution in [3.05, 3.63) is 47.8 Å². The van der Waals surface area contributed by atoms with Crippen LogP contribution in [0.1, 0.15) is 72.0 Å². The van der Waals surface area contributed by atoms with Crippen LogP contribution in [-0.4, -0.2) is 54.8 Å². The molecule has 0 aromatic carbocycles. The van der Waals surface area contributed by atoms with Crippen LogP contribution >= 0.6 is 0 Å². The summed E-state index contributed by atoms with van der Waals surface area (Å²) in [4.78, 5) is 49.8. The van der Waals surface area contributed by atoms with Crippen molar-refractivity contribution in [2.75, 3.05) is 0 Å². The van der Waals surface area contributed by atoms with Crippen LogP contribution in [0.2, 0.25) is 0 Å². The van der Waals surface area contributed by atoms with Gasteiger partial charge in [0.05, 0.1) is 12.9 Å². The molecule has 5 rings (SSSR count). The van der Waals surface area contributed by atoms with Crippen LogP contribution in [0.15, 0.2) is 30.9 Å². The summed E-state index contributed by atoms with van der Waals surface area (Å²) in [5.74, 6) is -0.830. The first kappa shape index (κ1) is 20.7. The van der Waals surface area contributed by atoms with Gasteiger partial charge in [0, 0.05) is 31.0 Å². The smallest absolute Gasteiger partial charge is 0.274 e. The highest BCUT2D eigenvalue weighted by Crippen LogP contribution is 2.39. The average molecular weight is 437 g/mol. The molecule has 9 heteroatoms. The second kappa shape index (κ2) is 8.03. The fourth-order valence-electron chi connectivity index (χ4n) is 4.90. The number of hydrogen-bond acceptors (Lipinski definition) is 5. The average Bonchev–Trinajstić information content (AvgIpc) is 3.30. The third-order valence-electron chi connectivity index (χ3n) is 6.75. The van der Waals surface area contributed by atoms with E-state index in [1.807, 2.05) is 13.0 Å². The molecule has 0 spiro atoms. The van der Waals surface area contributed by atoms with Crippen molar-refractivity contribution in [3.63, 3.8) is 0 Å². The summed E-state index contributed by atoms with van der Waals surface area (Å²) in [5, 5.41) is 5.99. The molecule has 1 aliphatic heterocycles. The van der Waals surface area contributed by atoms with E-state index in [2.05, 4.69) is 20.6 Å². The molecule has 0 radical (unpaired) electrons. The standard InChI is InChI=1S/C23H28N6O3/c1-23(22(32)27-16-6-2-3-7-16)13-28-14-26-18(19(28)21(31)29(23)17-8-9-17)20(30)25-12-15-5-4-10-24-11-15/h4-5,10-11,14,16-17H,2-3,6-9,12-13H2,1H3,(H,25,30)(H,27,32)/t23-/m1/s1. The Morgan fingerprint density at radius 1 is 1.22 bits per heavy atom. The second-order valence-electron chi connectivity index (χ2n) is 9.25. The molecule has 0 saturated heterocycles. The summed E-state index contributed by atoms with van der Waals surface area (Å²) in [5.41, 5.74) is 0.211. The Bertz CT molecular complexity index is 1040. The Kier molecular flexibility index (Phi) is 5.19. The molecule has 2 aromatic heterocycles. The predicted molar refractivity (Wildman–Crippen MR) is 116 cm³/mol. The van der Waals surface area contributed by atoms with Crippen molar-refractivity contribution in [3.8, 4) is 0 Å². The highest BCUT2D eigenvalue weighted by Gasteiger charge is 2.54. The lowest BCUT2D eigenvalue weighted by molar-refractivity contribution is -0.134. The molecular weight excluding hydrogens is 408 g/mol. The summed E-state index contributed by atoms with van der Waals surface area (Å²) in [7, 11) is 0. The van der Waals surface area contributed by atoms with Gasteiger partial charge in [-0.1, -0.05) is 18.9 Å². The van der Waals surface area contributed by atoms with Gasteiger partial charge in [0.1, 0.15) is 11.2 Å². The molecule has 32 heavy (non-hydrogen) atoms. The SMILES string of the molecule is C[C@]1(C(=O)NC2CCCC2)Cn2cnc(C(=O)NCc3cccnc3)c2C(=O)N1C1CC1. The molecule has 2 fully saturated rings. The minimum atomic E-state index is -1.00. The molecule has 1 atom stereocenters. The monoisotopic (exact) mass is 436 g/mol. The van der Waals surface area contributed by atoms with Crippen molar-refractivity contribution in [1.29, 1.82) is 0 Å². The highest BCUT2D eigenvalue weighted by atomic mass is 16.2. The number of rotatable bonds is 6. The number of amides is 3. The Labute approximate surface area is 186 Å². The minimum absolute atomic E-state index is 0.0248. The molecule has 0 bridgehead atoms. The predicted octanol–water partition coefficient (Wildman–Crippen LogP) is 1.64. The second-order valence-corrected chi connectivity index (χ2v) is 9.25. The lowest BCUT2D eigenvalue weighted by Gasteiger charge is -2.44. The maximum absolute atomic E-state index is 13.6. The van der Waals surface area contributed by atoms with Gasteiger partial charge in [-0.3, -0.25) is 19.4 Å². The van der Waals surface area contributed by atoms with Crippen molar-refractivity contribution in [2.45, 2.75) is 76.2 Å². The maximum atomic E-state index is 13.6. The molecule has 2 saturated carbocycles. The first-order chi connectivity index (χ1) is 15.5. The van der Waals surface area contributed by atoms with Gasteiger partial charge >= 0.3 is 0 Å². The topological polar surface area (TPSA) is 109 Å². The lowest BCUT2D eigenvalue weighted by atomic mass is 9.93. The Hall–Kier alpha value is -3.23. The Morgan fingerprint density at radius 2 is 2.00 bits per heavy atom. The minimum Gasteiger partial charge on any atom is -0.351 e. The number of hydrogen-bond donors (Lipinski definition) is 2. The normalized spacial score (nSPS) is 23.2. The van der Waals surface area contributed by atoms with Crippen LogP contribution in [0.3, 0.4) is 0 Å². The number of pyridine rings is 1. The third kappa shape index (κ3) is 3.65. The van der Waals surface area contributed by atoms with E-state index in [1.165, 1.54) is 6.33 Å². The van der Waals surface area contributed by atoms with Crippen LogP contribution < -0.4 is 10.6 Å². The van der Waals surface area contributed by atoms with Crippen molar-refractivity contribution in [1.82, 2.24) is 30.1 Å². The molecule has 3 amide bonds. The zero-order valence-corrected chi connectivity index (χ0v) is 18.2. The van der Waals surface area contributed by atoms with Crippen LogP contribution in [0.4, 0.5) is 0 Å². The van der Waals surface area contributed by atoms with Crippen LogP contribution in [0.25, 0.3) is 0 Å². The zero-order chi connectivity index (χ0) is 22.3. The van der Waals surface area contributed by atoms with Gasteiger partial charge in [-0.25, -0.2) is 4.98 Å². The summed E-state index contributed by atoms with van der Waals surface area (Å²) < 4.78 is 1.66. The van der Waals surface area contributed by atoms with E-state index in [9.17, 15) is 14.4 Å². The lowest BCUT2D eigenvalue weighted by Crippen LogP contribution is -2.65. The molecule has 3 heterocycles. The van der Waals surface area contributed by atoms with E-state index in [0.29, 0.717) is 6.54 Å². The number of fused-ring (bicyclic) bond motifs is 1. The zero-order valence-electron chi connectivity index (χ0n) is 18.2. The van der Waals surface area contributed by atoms with Crippen LogP contribution in [0, 0.1) is 0 Å². The van der Waals surface area contributed by atoms with E-state index in [1.54, 1.807) is 27.9 Å². The first-order valence-corrected chi connectivity index (χ1v) is 11.3. The fourth-order valence-corrected chi connectivity index (χ4v) is 4.90. The summed E-state index contributed by atoms with van der Waals surface area (Å²) in [6, 6.07) is 3.86. The van der Waals surface area contributed by atoms with Crippen LogP contribution in [0.5, 0.6) is 0 Å². The maximum Gasteiger partial charge on any atom is 0.274 e. The van der Waals surface area contributed by atoms with Gasteiger partial charge in [0.2, 0.25) is 5.91 Å². The van der Waals surface area contributed by atoms with Crippen LogP contribution in [-0.2, 0) is 17.9 Å². The van der Waals surface area contributed by atoms with Crippen molar-refractivity contribution in [2.24, 2.45) is 0 Å². The number of nitrogens with zero attached hydrogens (tertiary/aromatic N) is 4. The van der Waals surface area contributed by atoms with E-state index in [-0.39, 0.29) is 41.8 Å². The Balaban J connectivity index is 1.39. The van der Waals surface area contributed by atoms with Crippen molar-refractivity contribution >= 4 is 17.7 Å². The van der Waals surface area contributed by atoms with Gasteiger partial charge in [0.15, 0.2) is 5.69 Å². The van der Waals surface area contributed by atoms with Gasteiger partial charge in [-0.05, 0) is 44.2 Å². The molecular formula is C23H28N6O3. The van der Waals surface area contributed by atoms with E-state index < -0.39 is 11.4 Å². The van der Waals surface area contributed by atoms with Gasteiger partial charge < -0.3 is 20.1 Å². The summed E-state index contributed by atoms with van der Waals surface area (Å²) in [6.45, 7) is 2.41. The van der Waals surface area contributed by atoms with Gasteiger partial charge in [-0.2, -0.15) is 0 Å². The van der Waals surface area contributed by atoms with E-state index in [4.69, 9.17) is 0 Å². The van der Waals surface area contributed by atoms with Gasteiger partial charge in [0.25, 0.3) is 11.8 Å². The molecule has 2 N–H and O–H groups in total.